The van der Waals surface area contributed by atoms with Crippen molar-refractivity contribution < 1.29 is 9.18 Å². The van der Waals surface area contributed by atoms with Crippen molar-refractivity contribution in [3.05, 3.63) is 41.5 Å². The first-order chi connectivity index (χ1) is 11.8. The minimum atomic E-state index is -0.295. The molecule has 1 heterocycles. The van der Waals surface area contributed by atoms with Gasteiger partial charge in [-0.25, -0.2) is 9.07 Å². The fourth-order valence-corrected chi connectivity index (χ4v) is 3.11. The van der Waals surface area contributed by atoms with Crippen LogP contribution in [-0.2, 0) is 4.79 Å². The zero-order chi connectivity index (χ0) is 18.6. The lowest BCUT2D eigenvalue weighted by Gasteiger charge is -2.23. The summed E-state index contributed by atoms with van der Waals surface area (Å²) < 4.78 is 14.5. The van der Waals surface area contributed by atoms with Crippen LogP contribution >= 0.6 is 11.8 Å². The Hall–Kier alpha value is -2.09. The summed E-state index contributed by atoms with van der Waals surface area (Å²) in [6.07, 6.45) is 0. The van der Waals surface area contributed by atoms with E-state index in [1.54, 1.807) is 12.1 Å². The molecule has 1 amide bonds. The van der Waals surface area contributed by atoms with E-state index in [1.165, 1.54) is 28.6 Å². The third-order valence-electron chi connectivity index (χ3n) is 3.75. The Kier molecular flexibility index (Phi) is 6.41. The van der Waals surface area contributed by atoms with Gasteiger partial charge < -0.3 is 11.2 Å². The lowest BCUT2D eigenvalue weighted by Crippen LogP contribution is -2.33. The summed E-state index contributed by atoms with van der Waals surface area (Å²) in [4.78, 5) is 12.3. The first kappa shape index (κ1) is 19.2. The predicted molar refractivity (Wildman–Crippen MR) is 97.1 cm³/mol. The molecule has 136 valence electrons. The average molecular weight is 365 g/mol. The van der Waals surface area contributed by atoms with Crippen molar-refractivity contribution in [2.24, 2.45) is 5.92 Å². The normalized spacial score (nSPS) is 12.6. The second-order valence-electron chi connectivity index (χ2n) is 6.49. The molecule has 1 aromatic carbocycles. The number of benzene rings is 1. The number of carbonyl (C=O) groups is 1. The Morgan fingerprint density at radius 1 is 1.24 bits per heavy atom. The quantitative estimate of drug-likeness (QED) is 0.582. The fraction of sp³-hybridized carbons (Fsp3) is 0.471. The van der Waals surface area contributed by atoms with Gasteiger partial charge in [-0.3, -0.25) is 4.79 Å². The van der Waals surface area contributed by atoms with E-state index in [9.17, 15) is 9.18 Å². The molecule has 0 saturated heterocycles. The smallest absolute Gasteiger partial charge is 0.230 e. The van der Waals surface area contributed by atoms with E-state index >= 15 is 0 Å². The highest BCUT2D eigenvalue weighted by atomic mass is 32.2. The van der Waals surface area contributed by atoms with Gasteiger partial charge in [-0.2, -0.15) is 0 Å². The number of nitrogen functional groups attached to an aromatic ring is 1. The van der Waals surface area contributed by atoms with Gasteiger partial charge in [0.1, 0.15) is 5.82 Å². The van der Waals surface area contributed by atoms with Crippen molar-refractivity contribution in [3.8, 4) is 0 Å². The Morgan fingerprint density at radius 3 is 2.40 bits per heavy atom. The minimum Gasteiger partial charge on any atom is -0.348 e. The highest BCUT2D eigenvalue weighted by molar-refractivity contribution is 7.99. The third kappa shape index (κ3) is 4.94. The number of halogens is 1. The summed E-state index contributed by atoms with van der Waals surface area (Å²) in [6, 6.07) is 6.00. The molecule has 2 rings (SSSR count). The topological polar surface area (TPSA) is 85.8 Å². The molecular formula is C17H24FN5OS. The number of hydrogen-bond donors (Lipinski definition) is 2. The van der Waals surface area contributed by atoms with Gasteiger partial charge in [-0.15, -0.1) is 10.2 Å². The van der Waals surface area contributed by atoms with Crippen LogP contribution in [0.4, 0.5) is 4.39 Å². The molecule has 0 bridgehead atoms. The minimum absolute atomic E-state index is 0.137. The molecule has 25 heavy (non-hydrogen) atoms. The molecule has 2 aromatic rings. The Bertz CT molecular complexity index is 714. The highest BCUT2D eigenvalue weighted by Crippen LogP contribution is 2.23. The van der Waals surface area contributed by atoms with Gasteiger partial charge in [-0.1, -0.05) is 51.6 Å². The van der Waals surface area contributed by atoms with Crippen molar-refractivity contribution in [3.63, 3.8) is 0 Å². The number of hydrogen-bond acceptors (Lipinski definition) is 5. The zero-order valence-electron chi connectivity index (χ0n) is 14.9. The van der Waals surface area contributed by atoms with Crippen molar-refractivity contribution in [1.82, 2.24) is 20.2 Å². The van der Waals surface area contributed by atoms with E-state index in [0.29, 0.717) is 11.0 Å². The van der Waals surface area contributed by atoms with Gasteiger partial charge in [0, 0.05) is 5.92 Å². The monoisotopic (exact) mass is 365 g/mol. The molecule has 0 unspecified atom stereocenters. The van der Waals surface area contributed by atoms with Crippen LogP contribution in [0.15, 0.2) is 29.4 Å². The van der Waals surface area contributed by atoms with Crippen molar-refractivity contribution in [2.75, 3.05) is 11.6 Å². The number of thioether (sulfide) groups is 1. The van der Waals surface area contributed by atoms with Crippen molar-refractivity contribution >= 4 is 17.7 Å². The Morgan fingerprint density at radius 2 is 1.88 bits per heavy atom. The lowest BCUT2D eigenvalue weighted by molar-refractivity contribution is -0.119. The molecule has 6 nitrogen and oxygen atoms in total. The maximum absolute atomic E-state index is 13.1. The molecule has 1 atom stereocenters. The predicted octanol–water partition coefficient (Wildman–Crippen LogP) is 2.86. The van der Waals surface area contributed by atoms with Crippen LogP contribution in [0.25, 0.3) is 0 Å². The van der Waals surface area contributed by atoms with E-state index < -0.39 is 0 Å². The molecule has 1 aromatic heterocycles. The first-order valence-corrected chi connectivity index (χ1v) is 9.16. The third-order valence-corrected chi connectivity index (χ3v) is 4.70. The van der Waals surface area contributed by atoms with Crippen LogP contribution < -0.4 is 11.2 Å². The van der Waals surface area contributed by atoms with Crippen LogP contribution in [0.1, 0.15) is 51.0 Å². The van der Waals surface area contributed by atoms with Crippen LogP contribution in [-0.4, -0.2) is 26.5 Å². The van der Waals surface area contributed by atoms with Crippen molar-refractivity contribution in [1.29, 1.82) is 0 Å². The molecule has 0 fully saturated rings. The summed E-state index contributed by atoms with van der Waals surface area (Å²) in [6.45, 7) is 7.97. The van der Waals surface area contributed by atoms with E-state index in [4.69, 9.17) is 5.84 Å². The number of aromatic nitrogens is 3. The fourth-order valence-electron chi connectivity index (χ4n) is 2.43. The summed E-state index contributed by atoms with van der Waals surface area (Å²) >= 11 is 1.24. The van der Waals surface area contributed by atoms with Crippen LogP contribution in [0.5, 0.6) is 0 Å². The summed E-state index contributed by atoms with van der Waals surface area (Å²) in [5, 5.41) is 11.6. The van der Waals surface area contributed by atoms with E-state index in [-0.39, 0.29) is 35.4 Å². The molecule has 0 aliphatic rings. The maximum atomic E-state index is 13.1. The second-order valence-corrected chi connectivity index (χ2v) is 7.44. The Labute approximate surface area is 151 Å². The van der Waals surface area contributed by atoms with E-state index in [2.05, 4.69) is 15.5 Å². The van der Waals surface area contributed by atoms with Crippen molar-refractivity contribution in [2.45, 2.75) is 44.8 Å². The van der Waals surface area contributed by atoms with Crippen LogP contribution in [0.3, 0.4) is 0 Å². The lowest BCUT2D eigenvalue weighted by atomic mass is 9.96. The van der Waals surface area contributed by atoms with Crippen LogP contribution in [0.2, 0.25) is 0 Å². The number of nitrogens with zero attached hydrogens (tertiary/aromatic N) is 3. The first-order valence-electron chi connectivity index (χ1n) is 8.17. The van der Waals surface area contributed by atoms with Gasteiger partial charge in [-0.05, 0) is 23.6 Å². The van der Waals surface area contributed by atoms with Gasteiger partial charge in [0.2, 0.25) is 11.1 Å². The van der Waals surface area contributed by atoms with E-state index in [0.717, 1.165) is 5.56 Å². The summed E-state index contributed by atoms with van der Waals surface area (Å²) in [5.74, 6) is 6.70. The molecule has 0 radical (unpaired) electrons. The SMILES string of the molecule is CC(C)c1nnc(SCC(=O)N[C@@H](c2ccc(F)cc2)C(C)C)n1N. The van der Waals surface area contributed by atoms with Crippen LogP contribution in [0, 0.1) is 11.7 Å². The molecule has 8 heteroatoms. The standard InChI is InChI=1S/C17H24FN5OS/c1-10(2)15(12-5-7-13(18)8-6-12)20-14(24)9-25-17-22-21-16(11(3)4)23(17)19/h5-8,10-11,15H,9,19H2,1-4H3,(H,20,24)/t15-/m1/s1. The number of nitrogens with one attached hydrogen (secondary N) is 1. The molecule has 0 aliphatic carbocycles. The molecule has 0 spiro atoms. The molecular weight excluding hydrogens is 341 g/mol. The van der Waals surface area contributed by atoms with Gasteiger partial charge >= 0.3 is 0 Å². The molecule has 0 aliphatic heterocycles. The number of carbonyl (C=O) groups excluding carboxylic acids is 1. The number of amides is 1. The number of rotatable bonds is 7. The zero-order valence-corrected chi connectivity index (χ0v) is 15.7. The second kappa shape index (κ2) is 8.33. The molecule has 3 N–H and O–H groups in total. The largest absolute Gasteiger partial charge is 0.348 e. The highest BCUT2D eigenvalue weighted by Gasteiger charge is 2.20. The number of nitrogens with two attached hydrogens (primary N) is 1. The average Bonchev–Trinajstić information content (AvgIpc) is 2.92. The van der Waals surface area contributed by atoms with Gasteiger partial charge in [0.25, 0.3) is 0 Å². The maximum Gasteiger partial charge on any atom is 0.230 e. The molecule has 0 saturated carbocycles. The summed E-state index contributed by atoms with van der Waals surface area (Å²) in [5.41, 5.74) is 0.874. The van der Waals surface area contributed by atoms with Gasteiger partial charge in [0.15, 0.2) is 5.82 Å². The summed E-state index contributed by atoms with van der Waals surface area (Å²) in [7, 11) is 0. The van der Waals surface area contributed by atoms with E-state index in [1.807, 2.05) is 27.7 Å². The Balaban J connectivity index is 1.99. The van der Waals surface area contributed by atoms with Gasteiger partial charge in [0.05, 0.1) is 11.8 Å².